The highest BCUT2D eigenvalue weighted by Crippen LogP contribution is 2.27. The maximum atomic E-state index is 4.73. The molecule has 3 aromatic rings. The topological polar surface area (TPSA) is 66.5 Å². The number of nitrogens with one attached hydrogen (secondary N) is 2. The SMILES string of the molecule is Cc1cc(Nc2nc(C3=CCCC=C3)nc3ccccc23)n[nH]1. The Morgan fingerprint density at radius 2 is 2.04 bits per heavy atom. The van der Waals surface area contributed by atoms with E-state index in [0.717, 1.165) is 52.5 Å². The van der Waals surface area contributed by atoms with E-state index in [4.69, 9.17) is 9.97 Å². The Labute approximate surface area is 134 Å². The van der Waals surface area contributed by atoms with Gasteiger partial charge in [0.15, 0.2) is 11.6 Å². The summed E-state index contributed by atoms with van der Waals surface area (Å²) in [6, 6.07) is 9.97. The summed E-state index contributed by atoms with van der Waals surface area (Å²) in [5, 5.41) is 11.5. The molecule has 0 saturated carbocycles. The number of anilines is 2. The van der Waals surface area contributed by atoms with Crippen LogP contribution in [0.1, 0.15) is 24.4 Å². The number of allylic oxidation sites excluding steroid dienone is 4. The number of benzene rings is 1. The van der Waals surface area contributed by atoms with Gasteiger partial charge in [0, 0.05) is 22.7 Å². The molecule has 2 N–H and O–H groups in total. The van der Waals surface area contributed by atoms with Gasteiger partial charge in [-0.05, 0) is 31.9 Å². The largest absolute Gasteiger partial charge is 0.323 e. The lowest BCUT2D eigenvalue weighted by molar-refractivity contribution is 1.03. The minimum atomic E-state index is 0.745. The summed E-state index contributed by atoms with van der Waals surface area (Å²) < 4.78 is 0. The highest BCUT2D eigenvalue weighted by atomic mass is 15.2. The van der Waals surface area contributed by atoms with Crippen LogP contribution < -0.4 is 5.32 Å². The number of nitrogens with zero attached hydrogens (tertiary/aromatic N) is 3. The van der Waals surface area contributed by atoms with Crippen molar-refractivity contribution in [1.29, 1.82) is 0 Å². The normalized spacial score (nSPS) is 14.0. The lowest BCUT2D eigenvalue weighted by Gasteiger charge is -2.11. The van der Waals surface area contributed by atoms with Gasteiger partial charge in [0.25, 0.3) is 0 Å². The Morgan fingerprint density at radius 3 is 2.83 bits per heavy atom. The Kier molecular flexibility index (Phi) is 3.38. The van der Waals surface area contributed by atoms with Gasteiger partial charge < -0.3 is 5.32 Å². The summed E-state index contributed by atoms with van der Waals surface area (Å²) >= 11 is 0. The Bertz CT molecular complexity index is 920. The van der Waals surface area contributed by atoms with Crippen molar-refractivity contribution in [3.05, 3.63) is 60.1 Å². The zero-order chi connectivity index (χ0) is 15.6. The molecule has 5 nitrogen and oxygen atoms in total. The first-order chi connectivity index (χ1) is 11.3. The molecule has 0 fully saturated rings. The average Bonchev–Trinajstić information content (AvgIpc) is 3.00. The highest BCUT2D eigenvalue weighted by Gasteiger charge is 2.11. The number of hydrogen-bond acceptors (Lipinski definition) is 4. The first-order valence-electron chi connectivity index (χ1n) is 7.72. The van der Waals surface area contributed by atoms with Crippen LogP contribution in [0.25, 0.3) is 16.5 Å². The highest BCUT2D eigenvalue weighted by molar-refractivity contribution is 5.92. The van der Waals surface area contributed by atoms with E-state index in [9.17, 15) is 0 Å². The molecule has 2 heterocycles. The van der Waals surface area contributed by atoms with Crippen molar-refractivity contribution in [2.24, 2.45) is 0 Å². The van der Waals surface area contributed by atoms with Gasteiger partial charge in [-0.15, -0.1) is 0 Å². The van der Waals surface area contributed by atoms with E-state index in [0.29, 0.717) is 0 Å². The molecule has 0 aliphatic heterocycles. The van der Waals surface area contributed by atoms with Crippen LogP contribution >= 0.6 is 0 Å². The Hall–Kier alpha value is -2.95. The van der Waals surface area contributed by atoms with E-state index in [1.54, 1.807) is 0 Å². The molecule has 2 aromatic heterocycles. The second kappa shape index (κ2) is 5.68. The van der Waals surface area contributed by atoms with Crippen LogP contribution in [-0.4, -0.2) is 20.2 Å². The fraction of sp³-hybridized carbons (Fsp3) is 0.167. The summed E-state index contributed by atoms with van der Waals surface area (Å²) in [6.07, 6.45) is 8.55. The molecule has 1 aliphatic rings. The number of aromatic amines is 1. The summed E-state index contributed by atoms with van der Waals surface area (Å²) in [4.78, 5) is 9.44. The predicted molar refractivity (Wildman–Crippen MR) is 92.5 cm³/mol. The third-order valence-corrected chi connectivity index (χ3v) is 3.81. The smallest absolute Gasteiger partial charge is 0.161 e. The van der Waals surface area contributed by atoms with Gasteiger partial charge >= 0.3 is 0 Å². The first-order valence-corrected chi connectivity index (χ1v) is 7.72. The van der Waals surface area contributed by atoms with E-state index in [2.05, 4.69) is 33.7 Å². The second-order valence-electron chi connectivity index (χ2n) is 5.61. The lowest BCUT2D eigenvalue weighted by Crippen LogP contribution is -2.02. The van der Waals surface area contributed by atoms with Crippen molar-refractivity contribution >= 4 is 28.1 Å². The average molecular weight is 303 g/mol. The van der Waals surface area contributed by atoms with E-state index in [-0.39, 0.29) is 0 Å². The minimum absolute atomic E-state index is 0.745. The summed E-state index contributed by atoms with van der Waals surface area (Å²) in [7, 11) is 0. The third kappa shape index (κ3) is 2.73. The van der Waals surface area contributed by atoms with Gasteiger partial charge in [0.1, 0.15) is 5.82 Å². The quantitative estimate of drug-likeness (QED) is 0.763. The molecule has 0 spiro atoms. The first kappa shape index (κ1) is 13.7. The monoisotopic (exact) mass is 303 g/mol. The number of fused-ring (bicyclic) bond motifs is 1. The summed E-state index contributed by atoms with van der Waals surface area (Å²) in [5.41, 5.74) is 3.00. The number of aryl methyl sites for hydroxylation is 1. The number of para-hydroxylation sites is 1. The van der Waals surface area contributed by atoms with Gasteiger partial charge in [0.05, 0.1) is 5.52 Å². The number of rotatable bonds is 3. The number of H-pyrrole nitrogens is 1. The van der Waals surface area contributed by atoms with Gasteiger partial charge in [-0.1, -0.05) is 30.4 Å². The molecular formula is C18H17N5. The zero-order valence-corrected chi connectivity index (χ0v) is 12.9. The molecule has 0 atom stereocenters. The van der Waals surface area contributed by atoms with Crippen molar-refractivity contribution < 1.29 is 0 Å². The van der Waals surface area contributed by atoms with Crippen molar-refractivity contribution in [3.63, 3.8) is 0 Å². The van der Waals surface area contributed by atoms with Crippen LogP contribution in [0, 0.1) is 6.92 Å². The number of aromatic nitrogens is 4. The van der Waals surface area contributed by atoms with Gasteiger partial charge in [-0.3, -0.25) is 5.10 Å². The number of hydrogen-bond donors (Lipinski definition) is 2. The van der Waals surface area contributed by atoms with E-state index < -0.39 is 0 Å². The Morgan fingerprint density at radius 1 is 1.13 bits per heavy atom. The van der Waals surface area contributed by atoms with Crippen molar-refractivity contribution in [3.8, 4) is 0 Å². The van der Waals surface area contributed by atoms with Crippen molar-refractivity contribution in [1.82, 2.24) is 20.2 Å². The van der Waals surface area contributed by atoms with Crippen LogP contribution in [0.3, 0.4) is 0 Å². The lowest BCUT2D eigenvalue weighted by atomic mass is 10.1. The molecule has 4 rings (SSSR count). The molecule has 0 radical (unpaired) electrons. The fourth-order valence-corrected chi connectivity index (χ4v) is 2.68. The van der Waals surface area contributed by atoms with E-state index >= 15 is 0 Å². The van der Waals surface area contributed by atoms with Crippen LogP contribution in [0.2, 0.25) is 0 Å². The van der Waals surface area contributed by atoms with Crippen molar-refractivity contribution in [2.45, 2.75) is 19.8 Å². The summed E-state index contributed by atoms with van der Waals surface area (Å²) in [6.45, 7) is 1.97. The molecule has 0 amide bonds. The molecule has 114 valence electrons. The maximum absolute atomic E-state index is 4.73. The van der Waals surface area contributed by atoms with Gasteiger partial charge in [-0.2, -0.15) is 5.10 Å². The van der Waals surface area contributed by atoms with Gasteiger partial charge in [-0.25, -0.2) is 9.97 Å². The Balaban J connectivity index is 1.83. The fourth-order valence-electron chi connectivity index (χ4n) is 2.68. The van der Waals surface area contributed by atoms with Crippen molar-refractivity contribution in [2.75, 3.05) is 5.32 Å². The summed E-state index contributed by atoms with van der Waals surface area (Å²) in [5.74, 6) is 2.27. The molecule has 0 saturated heterocycles. The molecule has 1 aliphatic carbocycles. The zero-order valence-electron chi connectivity index (χ0n) is 12.9. The van der Waals surface area contributed by atoms with Gasteiger partial charge in [0.2, 0.25) is 0 Å². The molecule has 5 heteroatoms. The van der Waals surface area contributed by atoms with Crippen LogP contribution in [-0.2, 0) is 0 Å². The van der Waals surface area contributed by atoms with Crippen LogP contribution in [0.4, 0.5) is 11.6 Å². The molecule has 0 bridgehead atoms. The second-order valence-corrected chi connectivity index (χ2v) is 5.61. The maximum Gasteiger partial charge on any atom is 0.161 e. The molecule has 0 unspecified atom stereocenters. The third-order valence-electron chi connectivity index (χ3n) is 3.81. The molecular weight excluding hydrogens is 286 g/mol. The van der Waals surface area contributed by atoms with Crippen LogP contribution in [0.15, 0.2) is 48.6 Å². The van der Waals surface area contributed by atoms with Crippen LogP contribution in [0.5, 0.6) is 0 Å². The standard InChI is InChI=1S/C18H17N5/c1-12-11-16(23-22-12)20-18-14-9-5-6-10-15(14)19-17(21-18)13-7-3-2-4-8-13/h3,5-11H,2,4H2,1H3,(H2,19,20,21,22,23). The predicted octanol–water partition coefficient (Wildman–Crippen LogP) is 4.14. The molecule has 23 heavy (non-hydrogen) atoms. The van der Waals surface area contributed by atoms with E-state index in [1.807, 2.05) is 37.3 Å². The van der Waals surface area contributed by atoms with E-state index in [1.165, 1.54) is 0 Å². The minimum Gasteiger partial charge on any atom is -0.323 e. The molecule has 1 aromatic carbocycles.